The van der Waals surface area contributed by atoms with Crippen LogP contribution >= 0.6 is 0 Å². The van der Waals surface area contributed by atoms with Crippen molar-refractivity contribution in [2.45, 2.75) is 25.8 Å². The molecule has 1 heterocycles. The molecule has 0 aliphatic heterocycles. The lowest BCUT2D eigenvalue weighted by Crippen LogP contribution is -2.41. The molecule has 15 heavy (non-hydrogen) atoms. The molecular formula is C9H16N4O2. The highest BCUT2D eigenvalue weighted by molar-refractivity contribution is 5.68. The topological polar surface area (TPSA) is 82.1 Å². The van der Waals surface area contributed by atoms with Crippen LogP contribution in [0, 0.1) is 6.92 Å². The Labute approximate surface area is 88.3 Å². The summed E-state index contributed by atoms with van der Waals surface area (Å²) in [5.41, 5.74) is -0.684. The van der Waals surface area contributed by atoms with Gasteiger partial charge in [-0.3, -0.25) is 14.8 Å². The molecule has 0 amide bonds. The van der Waals surface area contributed by atoms with Gasteiger partial charge in [-0.1, -0.05) is 0 Å². The van der Waals surface area contributed by atoms with Gasteiger partial charge in [0.25, 0.3) is 0 Å². The van der Waals surface area contributed by atoms with Gasteiger partial charge in [-0.25, -0.2) is 4.98 Å². The number of aliphatic carboxylic acids is 1. The molecule has 0 fully saturated rings. The highest BCUT2D eigenvalue weighted by Crippen LogP contribution is 2.26. The number of H-pyrrole nitrogens is 1. The Hall–Kier alpha value is -1.43. The summed E-state index contributed by atoms with van der Waals surface area (Å²) in [6.07, 6.45) is -0.0305. The molecule has 0 aliphatic carbocycles. The third kappa shape index (κ3) is 2.33. The molecule has 1 unspecified atom stereocenters. The molecule has 0 radical (unpaired) electrons. The van der Waals surface area contributed by atoms with Gasteiger partial charge in [0.2, 0.25) is 0 Å². The van der Waals surface area contributed by atoms with Crippen molar-refractivity contribution in [1.29, 1.82) is 0 Å². The molecule has 6 heteroatoms. The summed E-state index contributed by atoms with van der Waals surface area (Å²) < 4.78 is 0. The van der Waals surface area contributed by atoms with E-state index in [1.165, 1.54) is 0 Å². The number of nitrogens with one attached hydrogen (secondary N) is 1. The van der Waals surface area contributed by atoms with Crippen LogP contribution in [0.2, 0.25) is 0 Å². The predicted molar refractivity (Wildman–Crippen MR) is 54.4 cm³/mol. The lowest BCUT2D eigenvalue weighted by molar-refractivity contribution is -0.140. The zero-order valence-electron chi connectivity index (χ0n) is 9.40. The Balaban J connectivity index is 3.06. The summed E-state index contributed by atoms with van der Waals surface area (Å²) in [7, 11) is 3.63. The quantitative estimate of drug-likeness (QED) is 0.753. The second-order valence-corrected chi connectivity index (χ2v) is 3.98. The number of carbonyl (C=O) groups is 1. The smallest absolute Gasteiger partial charge is 0.305 e. The minimum atomic E-state index is -0.867. The maximum absolute atomic E-state index is 10.8. The van der Waals surface area contributed by atoms with Crippen molar-refractivity contribution in [2.75, 3.05) is 14.1 Å². The number of hydrogen-bond donors (Lipinski definition) is 2. The molecule has 0 bridgehead atoms. The lowest BCUT2D eigenvalue weighted by atomic mass is 9.95. The van der Waals surface area contributed by atoms with E-state index in [4.69, 9.17) is 5.11 Å². The summed E-state index contributed by atoms with van der Waals surface area (Å²) >= 11 is 0. The van der Waals surface area contributed by atoms with Crippen LogP contribution in [0.4, 0.5) is 0 Å². The van der Waals surface area contributed by atoms with Gasteiger partial charge in [0.05, 0.1) is 12.0 Å². The SMILES string of the molecule is Cc1nc(C(C)(CC(=O)O)N(C)C)n[nH]1. The number of aryl methyl sites for hydroxylation is 1. The molecule has 0 aromatic carbocycles. The highest BCUT2D eigenvalue weighted by atomic mass is 16.4. The maximum atomic E-state index is 10.8. The number of nitrogens with zero attached hydrogens (tertiary/aromatic N) is 3. The number of carboxylic acid groups (broad SMARTS) is 1. The Morgan fingerprint density at radius 3 is 2.53 bits per heavy atom. The Morgan fingerprint density at radius 2 is 2.20 bits per heavy atom. The van der Waals surface area contributed by atoms with Crippen molar-refractivity contribution in [1.82, 2.24) is 20.1 Å². The van der Waals surface area contributed by atoms with Crippen LogP contribution in [-0.2, 0) is 10.3 Å². The molecule has 0 spiro atoms. The van der Waals surface area contributed by atoms with Gasteiger partial charge in [0.1, 0.15) is 5.82 Å². The van der Waals surface area contributed by atoms with E-state index in [0.29, 0.717) is 11.6 Å². The van der Waals surface area contributed by atoms with Crippen LogP contribution in [0.1, 0.15) is 25.0 Å². The first-order valence-corrected chi connectivity index (χ1v) is 4.65. The molecule has 1 atom stereocenters. The summed E-state index contributed by atoms with van der Waals surface area (Å²) in [4.78, 5) is 16.8. The van der Waals surface area contributed by atoms with E-state index in [0.717, 1.165) is 0 Å². The van der Waals surface area contributed by atoms with E-state index < -0.39 is 11.5 Å². The fourth-order valence-corrected chi connectivity index (χ4v) is 1.32. The standard InChI is InChI=1S/C9H16N4O2/c1-6-10-8(12-11-6)9(2,13(3)4)5-7(14)15/h5H2,1-4H3,(H,14,15)(H,10,11,12). The van der Waals surface area contributed by atoms with Gasteiger partial charge in [0.15, 0.2) is 5.82 Å². The van der Waals surface area contributed by atoms with Crippen molar-refractivity contribution in [2.24, 2.45) is 0 Å². The average molecular weight is 212 g/mol. The van der Waals surface area contributed by atoms with Crippen molar-refractivity contribution in [3.8, 4) is 0 Å². The number of rotatable bonds is 4. The molecule has 1 aromatic heterocycles. The molecule has 2 N–H and O–H groups in total. The fourth-order valence-electron chi connectivity index (χ4n) is 1.32. The normalized spacial score (nSPS) is 15.3. The van der Waals surface area contributed by atoms with Crippen LogP contribution in [0.5, 0.6) is 0 Å². The average Bonchev–Trinajstić information content (AvgIpc) is 2.50. The Bertz CT molecular complexity index is 361. The summed E-state index contributed by atoms with van der Waals surface area (Å²) in [6, 6.07) is 0. The van der Waals surface area contributed by atoms with Gasteiger partial charge in [0, 0.05) is 0 Å². The Kier molecular flexibility index (Phi) is 3.09. The summed E-state index contributed by atoms with van der Waals surface area (Å²) in [6.45, 7) is 3.59. The van der Waals surface area contributed by atoms with Crippen LogP contribution in [0.25, 0.3) is 0 Å². The molecular weight excluding hydrogens is 196 g/mol. The number of carboxylic acids is 1. The van der Waals surface area contributed by atoms with Gasteiger partial charge < -0.3 is 5.11 Å². The minimum absolute atomic E-state index is 0.0305. The first-order valence-electron chi connectivity index (χ1n) is 4.65. The van der Waals surface area contributed by atoms with Gasteiger partial charge in [-0.15, -0.1) is 0 Å². The number of aromatic nitrogens is 3. The third-order valence-electron chi connectivity index (χ3n) is 2.56. The predicted octanol–water partition coefficient (Wildman–Crippen LogP) is 0.365. The van der Waals surface area contributed by atoms with Crippen molar-refractivity contribution in [3.63, 3.8) is 0 Å². The van der Waals surface area contributed by atoms with Gasteiger partial charge in [-0.05, 0) is 27.9 Å². The maximum Gasteiger partial charge on any atom is 0.305 e. The molecule has 0 aliphatic rings. The summed E-state index contributed by atoms with van der Waals surface area (Å²) in [5, 5.41) is 15.6. The van der Waals surface area contributed by atoms with Gasteiger partial charge in [-0.2, -0.15) is 5.10 Å². The van der Waals surface area contributed by atoms with E-state index >= 15 is 0 Å². The van der Waals surface area contributed by atoms with Crippen molar-refractivity contribution in [3.05, 3.63) is 11.6 Å². The fraction of sp³-hybridized carbons (Fsp3) is 0.667. The number of aromatic amines is 1. The zero-order chi connectivity index (χ0) is 11.6. The van der Waals surface area contributed by atoms with E-state index in [1.807, 2.05) is 25.9 Å². The van der Waals surface area contributed by atoms with Gasteiger partial charge >= 0.3 is 5.97 Å². The summed E-state index contributed by atoms with van der Waals surface area (Å²) in [5.74, 6) is 0.324. The first kappa shape index (κ1) is 11.6. The number of hydrogen-bond acceptors (Lipinski definition) is 4. The highest BCUT2D eigenvalue weighted by Gasteiger charge is 2.35. The van der Waals surface area contributed by atoms with Crippen LogP contribution in [0.15, 0.2) is 0 Å². The molecule has 6 nitrogen and oxygen atoms in total. The largest absolute Gasteiger partial charge is 0.481 e. The zero-order valence-corrected chi connectivity index (χ0v) is 9.40. The third-order valence-corrected chi connectivity index (χ3v) is 2.56. The lowest BCUT2D eigenvalue weighted by Gasteiger charge is -2.32. The van der Waals surface area contributed by atoms with E-state index in [-0.39, 0.29) is 6.42 Å². The Morgan fingerprint density at radius 1 is 1.60 bits per heavy atom. The molecule has 84 valence electrons. The van der Waals surface area contributed by atoms with Crippen LogP contribution < -0.4 is 0 Å². The van der Waals surface area contributed by atoms with E-state index in [1.54, 1.807) is 6.92 Å². The second kappa shape index (κ2) is 3.98. The minimum Gasteiger partial charge on any atom is -0.481 e. The molecule has 1 rings (SSSR count). The van der Waals surface area contributed by atoms with Crippen LogP contribution in [0.3, 0.4) is 0 Å². The monoisotopic (exact) mass is 212 g/mol. The van der Waals surface area contributed by atoms with Crippen molar-refractivity contribution < 1.29 is 9.90 Å². The first-order chi connectivity index (χ1) is 6.86. The molecule has 0 saturated carbocycles. The van der Waals surface area contributed by atoms with E-state index in [9.17, 15) is 4.79 Å². The van der Waals surface area contributed by atoms with Crippen LogP contribution in [-0.4, -0.2) is 45.3 Å². The van der Waals surface area contributed by atoms with E-state index in [2.05, 4.69) is 15.2 Å². The second-order valence-electron chi connectivity index (χ2n) is 3.98. The molecule has 1 aromatic rings. The van der Waals surface area contributed by atoms with Crippen molar-refractivity contribution >= 4 is 5.97 Å². The molecule has 0 saturated heterocycles.